The molecule has 1 aliphatic rings. The molecule has 1 atom stereocenters. The molecule has 0 spiro atoms. The van der Waals surface area contributed by atoms with Crippen LogP contribution in [0.4, 0.5) is 0 Å². The molecule has 1 aliphatic heterocycles. The van der Waals surface area contributed by atoms with E-state index in [1.807, 2.05) is 0 Å². The summed E-state index contributed by atoms with van der Waals surface area (Å²) in [5, 5.41) is 8.89. The number of piperazine rings is 1. The molecule has 1 N–H and O–H groups in total. The fourth-order valence-electron chi connectivity index (χ4n) is 2.21. The van der Waals surface area contributed by atoms with Crippen LogP contribution in [0, 0.1) is 5.92 Å². The highest BCUT2D eigenvalue weighted by atomic mass is 16.3. The van der Waals surface area contributed by atoms with Crippen molar-refractivity contribution in [1.29, 1.82) is 0 Å². The molecule has 0 bridgehead atoms. The van der Waals surface area contributed by atoms with Crippen molar-refractivity contribution in [2.75, 3.05) is 39.3 Å². The molecule has 0 aliphatic carbocycles. The minimum atomic E-state index is 0.286. The number of aliphatic hydroxyl groups excluding tert-OH is 1. The van der Waals surface area contributed by atoms with Crippen molar-refractivity contribution in [2.24, 2.45) is 5.92 Å². The van der Waals surface area contributed by atoms with Crippen LogP contribution in [0.3, 0.4) is 0 Å². The third kappa shape index (κ3) is 3.56. The molecule has 0 aromatic heterocycles. The summed E-state index contributed by atoms with van der Waals surface area (Å²) < 4.78 is 0. The Labute approximate surface area is 87.7 Å². The van der Waals surface area contributed by atoms with Crippen molar-refractivity contribution >= 4 is 0 Å². The lowest BCUT2D eigenvalue weighted by Crippen LogP contribution is -2.53. The van der Waals surface area contributed by atoms with Crippen LogP contribution in [0.2, 0.25) is 0 Å². The molecule has 1 heterocycles. The second-order valence-corrected chi connectivity index (χ2v) is 4.76. The maximum absolute atomic E-state index is 8.89. The highest BCUT2D eigenvalue weighted by Crippen LogP contribution is 2.10. The van der Waals surface area contributed by atoms with Crippen molar-refractivity contribution < 1.29 is 5.11 Å². The Morgan fingerprint density at radius 2 is 2.07 bits per heavy atom. The van der Waals surface area contributed by atoms with Crippen molar-refractivity contribution in [1.82, 2.24) is 9.80 Å². The van der Waals surface area contributed by atoms with Crippen molar-refractivity contribution in [3.8, 4) is 0 Å². The Kier molecular flexibility index (Phi) is 4.85. The summed E-state index contributed by atoms with van der Waals surface area (Å²) in [6, 6.07) is 0.592. The van der Waals surface area contributed by atoms with Crippen LogP contribution in [-0.2, 0) is 0 Å². The summed E-state index contributed by atoms with van der Waals surface area (Å²) in [5.74, 6) is 0.756. The summed E-state index contributed by atoms with van der Waals surface area (Å²) in [6.07, 6.45) is 0. The van der Waals surface area contributed by atoms with E-state index in [4.69, 9.17) is 5.11 Å². The smallest absolute Gasteiger partial charge is 0.0558 e. The van der Waals surface area contributed by atoms with Gasteiger partial charge in [-0.1, -0.05) is 13.8 Å². The second-order valence-electron chi connectivity index (χ2n) is 4.76. The molecule has 0 radical (unpaired) electrons. The van der Waals surface area contributed by atoms with Gasteiger partial charge in [-0.25, -0.2) is 0 Å². The molecular weight excluding hydrogens is 176 g/mol. The Hall–Kier alpha value is -0.120. The van der Waals surface area contributed by atoms with Gasteiger partial charge < -0.3 is 10.0 Å². The topological polar surface area (TPSA) is 26.7 Å². The van der Waals surface area contributed by atoms with E-state index in [1.54, 1.807) is 0 Å². The molecule has 1 saturated heterocycles. The zero-order valence-electron chi connectivity index (χ0n) is 9.74. The molecule has 0 saturated carbocycles. The quantitative estimate of drug-likeness (QED) is 0.721. The summed E-state index contributed by atoms with van der Waals surface area (Å²) in [6.45, 7) is 12.5. The number of hydrogen-bond acceptors (Lipinski definition) is 3. The maximum Gasteiger partial charge on any atom is 0.0558 e. The third-order valence-electron chi connectivity index (χ3n) is 2.86. The Bertz CT molecular complexity index is 161. The first kappa shape index (κ1) is 12.0. The minimum absolute atomic E-state index is 0.286. The highest BCUT2D eigenvalue weighted by molar-refractivity contribution is 4.79. The fourth-order valence-corrected chi connectivity index (χ4v) is 2.21. The van der Waals surface area contributed by atoms with Crippen LogP contribution in [0.1, 0.15) is 20.8 Å². The summed E-state index contributed by atoms with van der Waals surface area (Å²) in [4.78, 5) is 4.90. The number of rotatable bonds is 4. The molecule has 3 heteroatoms. The van der Waals surface area contributed by atoms with Gasteiger partial charge in [0.1, 0.15) is 0 Å². The molecule has 0 aromatic carbocycles. The van der Waals surface area contributed by atoms with Crippen LogP contribution < -0.4 is 0 Å². The molecule has 3 nitrogen and oxygen atoms in total. The SMILES string of the molecule is CC(C)CN1CCN(CCO)C(C)C1. The van der Waals surface area contributed by atoms with Crippen LogP contribution in [0.25, 0.3) is 0 Å². The molecule has 0 amide bonds. The van der Waals surface area contributed by atoms with Gasteiger partial charge >= 0.3 is 0 Å². The molecule has 84 valence electrons. The molecule has 1 rings (SSSR count). The van der Waals surface area contributed by atoms with E-state index in [1.165, 1.54) is 6.54 Å². The highest BCUT2D eigenvalue weighted by Gasteiger charge is 2.22. The number of β-amino-alcohol motifs (C(OH)–C–C–N with tert-alkyl or cyclic N) is 1. The lowest BCUT2D eigenvalue weighted by molar-refractivity contribution is 0.0628. The van der Waals surface area contributed by atoms with E-state index in [0.29, 0.717) is 6.04 Å². The molecular formula is C11H24N2O. The van der Waals surface area contributed by atoms with Crippen LogP contribution in [0.5, 0.6) is 0 Å². The minimum Gasteiger partial charge on any atom is -0.395 e. The predicted molar refractivity (Wildman–Crippen MR) is 59.4 cm³/mol. The largest absolute Gasteiger partial charge is 0.395 e. The van der Waals surface area contributed by atoms with E-state index in [-0.39, 0.29) is 6.61 Å². The normalized spacial score (nSPS) is 25.9. The maximum atomic E-state index is 8.89. The standard InChI is InChI=1S/C11H24N2O/c1-10(2)8-12-4-5-13(6-7-14)11(3)9-12/h10-11,14H,4-9H2,1-3H3. The van der Waals surface area contributed by atoms with E-state index in [2.05, 4.69) is 30.6 Å². The Morgan fingerprint density at radius 1 is 1.36 bits per heavy atom. The monoisotopic (exact) mass is 200 g/mol. The summed E-state index contributed by atoms with van der Waals surface area (Å²) >= 11 is 0. The van der Waals surface area contributed by atoms with E-state index >= 15 is 0 Å². The van der Waals surface area contributed by atoms with Crippen molar-refractivity contribution in [2.45, 2.75) is 26.8 Å². The second kappa shape index (κ2) is 5.69. The Morgan fingerprint density at radius 3 is 2.57 bits per heavy atom. The summed E-state index contributed by atoms with van der Waals surface area (Å²) in [5.41, 5.74) is 0. The lowest BCUT2D eigenvalue weighted by atomic mass is 10.1. The van der Waals surface area contributed by atoms with Gasteiger partial charge in [-0.05, 0) is 12.8 Å². The van der Waals surface area contributed by atoms with Gasteiger partial charge in [0.05, 0.1) is 6.61 Å². The van der Waals surface area contributed by atoms with Crippen LogP contribution >= 0.6 is 0 Å². The first-order chi connectivity index (χ1) is 6.63. The lowest BCUT2D eigenvalue weighted by Gasteiger charge is -2.40. The average molecular weight is 200 g/mol. The van der Waals surface area contributed by atoms with Gasteiger partial charge in [-0.2, -0.15) is 0 Å². The van der Waals surface area contributed by atoms with Gasteiger partial charge in [-0.15, -0.1) is 0 Å². The van der Waals surface area contributed by atoms with E-state index in [0.717, 1.165) is 32.1 Å². The number of hydrogen-bond donors (Lipinski definition) is 1. The zero-order valence-corrected chi connectivity index (χ0v) is 9.74. The van der Waals surface area contributed by atoms with Gasteiger partial charge in [0.15, 0.2) is 0 Å². The first-order valence-corrected chi connectivity index (χ1v) is 5.70. The van der Waals surface area contributed by atoms with E-state index in [9.17, 15) is 0 Å². The van der Waals surface area contributed by atoms with E-state index < -0.39 is 0 Å². The van der Waals surface area contributed by atoms with Gasteiger partial charge in [0, 0.05) is 38.8 Å². The van der Waals surface area contributed by atoms with Gasteiger partial charge in [0.2, 0.25) is 0 Å². The Balaban J connectivity index is 2.31. The third-order valence-corrected chi connectivity index (χ3v) is 2.86. The fraction of sp³-hybridized carbons (Fsp3) is 1.00. The van der Waals surface area contributed by atoms with Gasteiger partial charge in [-0.3, -0.25) is 4.90 Å². The summed E-state index contributed by atoms with van der Waals surface area (Å²) in [7, 11) is 0. The average Bonchev–Trinajstić information content (AvgIpc) is 2.09. The molecule has 1 fully saturated rings. The number of aliphatic hydroxyl groups is 1. The zero-order chi connectivity index (χ0) is 10.6. The molecule has 14 heavy (non-hydrogen) atoms. The van der Waals surface area contributed by atoms with Crippen molar-refractivity contribution in [3.05, 3.63) is 0 Å². The molecule has 0 aromatic rings. The van der Waals surface area contributed by atoms with Gasteiger partial charge in [0.25, 0.3) is 0 Å². The van der Waals surface area contributed by atoms with Crippen molar-refractivity contribution in [3.63, 3.8) is 0 Å². The molecule has 1 unspecified atom stereocenters. The first-order valence-electron chi connectivity index (χ1n) is 5.70. The van der Waals surface area contributed by atoms with Crippen LogP contribution in [-0.4, -0.2) is 60.3 Å². The van der Waals surface area contributed by atoms with Crippen LogP contribution in [0.15, 0.2) is 0 Å². The predicted octanol–water partition coefficient (Wildman–Crippen LogP) is 0.641. The number of nitrogens with zero attached hydrogens (tertiary/aromatic N) is 2.